The molecule has 1 heteroatoms. The van der Waals surface area contributed by atoms with Gasteiger partial charge in [-0.2, -0.15) is 0 Å². The number of fused-ring (bicyclic) bond motifs is 3. The number of nitrogens with zero attached hydrogens (tertiary/aromatic N) is 1. The molecule has 0 fully saturated rings. The van der Waals surface area contributed by atoms with E-state index < -0.39 is 0 Å². The van der Waals surface area contributed by atoms with Crippen LogP contribution in [-0.2, 0) is 0 Å². The van der Waals surface area contributed by atoms with Gasteiger partial charge < -0.3 is 4.90 Å². The van der Waals surface area contributed by atoms with Crippen LogP contribution in [0.2, 0.25) is 0 Å². The first-order valence-electron chi connectivity index (χ1n) is 21.0. The normalized spacial score (nSPS) is 13.9. The van der Waals surface area contributed by atoms with Gasteiger partial charge in [-0.15, -0.1) is 0 Å². The number of hydrogen-bond donors (Lipinski definition) is 0. The molecule has 1 aliphatic carbocycles. The molecule has 10 rings (SSSR count). The lowest BCUT2D eigenvalue weighted by Gasteiger charge is -2.29. The summed E-state index contributed by atoms with van der Waals surface area (Å²) >= 11 is 0. The summed E-state index contributed by atoms with van der Waals surface area (Å²) in [5.41, 5.74) is 14.0. The summed E-state index contributed by atoms with van der Waals surface area (Å²) < 4.78 is 0. The average molecular weight is 768 g/mol. The van der Waals surface area contributed by atoms with E-state index in [0.717, 1.165) is 52.2 Å². The quantitative estimate of drug-likeness (QED) is 0.139. The van der Waals surface area contributed by atoms with Crippen molar-refractivity contribution in [2.24, 2.45) is 0 Å². The molecule has 0 spiro atoms. The predicted molar refractivity (Wildman–Crippen MR) is 257 cm³/mol. The smallest absolute Gasteiger partial charge is 0.0540 e. The van der Waals surface area contributed by atoms with Crippen LogP contribution in [0.3, 0.4) is 0 Å². The molecule has 0 heterocycles. The number of benzene rings is 9. The van der Waals surface area contributed by atoms with Crippen LogP contribution in [-0.4, -0.2) is 0 Å². The molecule has 0 aromatic heterocycles. The van der Waals surface area contributed by atoms with Gasteiger partial charge in [0.05, 0.1) is 5.69 Å². The van der Waals surface area contributed by atoms with Gasteiger partial charge in [0.1, 0.15) is 0 Å². The predicted octanol–water partition coefficient (Wildman–Crippen LogP) is 14.7. The highest BCUT2D eigenvalue weighted by atomic mass is 15.1. The van der Waals surface area contributed by atoms with Crippen molar-refractivity contribution in [3.63, 3.8) is 0 Å². The van der Waals surface area contributed by atoms with Gasteiger partial charge in [-0.25, -0.2) is 0 Å². The van der Waals surface area contributed by atoms with E-state index in [2.05, 4.69) is 230 Å². The summed E-state index contributed by atoms with van der Waals surface area (Å²) in [4.78, 5) is 2.42. The molecule has 0 bridgehead atoms. The molecule has 0 amide bonds. The number of allylic oxidation sites excluding steroid dienone is 3. The highest BCUT2D eigenvalue weighted by Gasteiger charge is 2.20. The first-order chi connectivity index (χ1) is 29.7. The first kappa shape index (κ1) is 36.8. The van der Waals surface area contributed by atoms with Gasteiger partial charge in [0.2, 0.25) is 0 Å². The number of hydrogen-bond acceptors (Lipinski definition) is 1. The van der Waals surface area contributed by atoms with E-state index in [-0.39, 0.29) is 0 Å². The Balaban J connectivity index is 1.18. The summed E-state index contributed by atoms with van der Waals surface area (Å²) in [5.74, 6) is 0. The van der Waals surface area contributed by atoms with E-state index in [0.29, 0.717) is 0 Å². The van der Waals surface area contributed by atoms with Crippen molar-refractivity contribution in [3.8, 4) is 33.4 Å². The molecule has 60 heavy (non-hydrogen) atoms. The second kappa shape index (κ2) is 16.4. The van der Waals surface area contributed by atoms with Gasteiger partial charge in [0.15, 0.2) is 0 Å². The van der Waals surface area contributed by atoms with Crippen molar-refractivity contribution < 1.29 is 0 Å². The van der Waals surface area contributed by atoms with Crippen LogP contribution in [0.15, 0.2) is 231 Å². The standard InChI is InChI=1S/C59H45N/c1-2-51(54-30-15-14-28-52(54)43-21-8-4-9-22-43)47-26-18-27-50(39-47)60(59-38-35-46(42-19-6-3-7-20-42)40-58(59)44-23-10-5-11-24-44)49-36-33-45(34-37-49)57-41-48-25-12-13-29-53(48)55-31-16-17-32-56(55)57/h2-3,5-8,10-21,23-41H,1,4,9,22H2/b52-43-,54-51+. The van der Waals surface area contributed by atoms with Crippen LogP contribution in [0.5, 0.6) is 0 Å². The topological polar surface area (TPSA) is 3.24 Å². The maximum absolute atomic E-state index is 4.38. The zero-order valence-electron chi connectivity index (χ0n) is 33.6. The second-order valence-electron chi connectivity index (χ2n) is 15.6. The molecule has 286 valence electrons. The van der Waals surface area contributed by atoms with Gasteiger partial charge >= 0.3 is 0 Å². The van der Waals surface area contributed by atoms with E-state index in [9.17, 15) is 0 Å². The summed E-state index contributed by atoms with van der Waals surface area (Å²) in [6.07, 6.45) is 10.0. The van der Waals surface area contributed by atoms with Crippen LogP contribution in [0.25, 0.3) is 66.1 Å². The highest BCUT2D eigenvalue weighted by Crippen LogP contribution is 2.44. The van der Waals surface area contributed by atoms with Crippen LogP contribution in [0, 0.1) is 0 Å². The van der Waals surface area contributed by atoms with E-state index in [4.69, 9.17) is 0 Å². The minimum Gasteiger partial charge on any atom is -0.310 e. The highest BCUT2D eigenvalue weighted by molar-refractivity contribution is 6.13. The monoisotopic (exact) mass is 767 g/mol. The van der Waals surface area contributed by atoms with Crippen molar-refractivity contribution in [2.45, 2.75) is 19.3 Å². The molecule has 0 unspecified atom stereocenters. The van der Waals surface area contributed by atoms with Crippen molar-refractivity contribution in [1.29, 1.82) is 0 Å². The maximum Gasteiger partial charge on any atom is 0.0540 e. The van der Waals surface area contributed by atoms with E-state index in [1.807, 2.05) is 6.08 Å². The lowest BCUT2D eigenvalue weighted by Crippen LogP contribution is -2.29. The summed E-state index contributed by atoms with van der Waals surface area (Å²) in [7, 11) is 0. The largest absolute Gasteiger partial charge is 0.310 e. The fourth-order valence-electron chi connectivity index (χ4n) is 9.04. The van der Waals surface area contributed by atoms with E-state index in [1.165, 1.54) is 66.2 Å². The van der Waals surface area contributed by atoms with Crippen LogP contribution in [0.1, 0.15) is 24.8 Å². The molecular weight excluding hydrogens is 723 g/mol. The molecule has 0 radical (unpaired) electrons. The van der Waals surface area contributed by atoms with Gasteiger partial charge in [0.25, 0.3) is 0 Å². The summed E-state index contributed by atoms with van der Waals surface area (Å²) in [6, 6.07) is 75.1. The molecule has 9 aromatic carbocycles. The Hall–Kier alpha value is -7.48. The lowest BCUT2D eigenvalue weighted by atomic mass is 9.93. The molecular formula is C59H45N. The Labute approximate surface area is 352 Å². The van der Waals surface area contributed by atoms with Gasteiger partial charge in [0, 0.05) is 16.9 Å². The summed E-state index contributed by atoms with van der Waals surface area (Å²) in [5, 5.41) is 7.54. The first-order valence-corrected chi connectivity index (χ1v) is 21.0. The van der Waals surface area contributed by atoms with Gasteiger partial charge in [-0.05, 0) is 138 Å². The summed E-state index contributed by atoms with van der Waals surface area (Å²) in [6.45, 7) is 4.38. The number of anilines is 3. The average Bonchev–Trinajstić information content (AvgIpc) is 3.33. The van der Waals surface area contributed by atoms with E-state index >= 15 is 0 Å². The second-order valence-corrected chi connectivity index (χ2v) is 15.6. The van der Waals surface area contributed by atoms with Crippen molar-refractivity contribution >= 4 is 49.8 Å². The minimum atomic E-state index is 1.07. The van der Waals surface area contributed by atoms with Crippen LogP contribution >= 0.6 is 0 Å². The van der Waals surface area contributed by atoms with E-state index in [1.54, 1.807) is 0 Å². The Kier molecular flexibility index (Phi) is 10.1. The third-order valence-electron chi connectivity index (χ3n) is 12.0. The van der Waals surface area contributed by atoms with Gasteiger partial charge in [-0.3, -0.25) is 0 Å². The zero-order chi connectivity index (χ0) is 40.3. The van der Waals surface area contributed by atoms with Crippen LogP contribution < -0.4 is 15.3 Å². The molecule has 0 saturated carbocycles. The van der Waals surface area contributed by atoms with Crippen molar-refractivity contribution in [3.05, 3.63) is 247 Å². The molecule has 0 N–H and O–H groups in total. The van der Waals surface area contributed by atoms with Crippen LogP contribution in [0.4, 0.5) is 17.1 Å². The fraction of sp³-hybridized carbons (Fsp3) is 0.0508. The Bertz CT molecular complexity index is 3170. The van der Waals surface area contributed by atoms with Gasteiger partial charge in [-0.1, -0.05) is 189 Å². The Morgan fingerprint density at radius 1 is 0.483 bits per heavy atom. The Morgan fingerprint density at radius 3 is 1.92 bits per heavy atom. The molecule has 0 aliphatic heterocycles. The fourth-order valence-corrected chi connectivity index (χ4v) is 9.04. The molecule has 0 atom stereocenters. The third kappa shape index (κ3) is 7.05. The maximum atomic E-state index is 4.38. The molecule has 9 aromatic rings. The third-order valence-corrected chi connectivity index (χ3v) is 12.0. The van der Waals surface area contributed by atoms with Crippen molar-refractivity contribution in [1.82, 2.24) is 0 Å². The Morgan fingerprint density at radius 2 is 1.15 bits per heavy atom. The minimum absolute atomic E-state index is 1.07. The lowest BCUT2D eigenvalue weighted by molar-refractivity contribution is 0.859. The SMILES string of the molecule is C=C/C(c1cccc(N(c2ccc(-c3cc4ccccc4c4ccccc34)cc2)c2ccc(-c3ccccc3)cc2-c2ccccc2)c1)=c1/cccc/c1=C1\C=CCCC1. The zero-order valence-corrected chi connectivity index (χ0v) is 33.6. The number of rotatable bonds is 8. The van der Waals surface area contributed by atoms with Crippen molar-refractivity contribution in [2.75, 3.05) is 4.90 Å². The molecule has 0 saturated heterocycles. The molecule has 1 nitrogen and oxygen atoms in total. The molecule has 1 aliphatic rings.